The van der Waals surface area contributed by atoms with Crippen LogP contribution in [0.4, 0.5) is 4.79 Å². The summed E-state index contributed by atoms with van der Waals surface area (Å²) in [6, 6.07) is -1.47. The summed E-state index contributed by atoms with van der Waals surface area (Å²) in [5.41, 5.74) is -0.769. The zero-order chi connectivity index (χ0) is 17.3. The second kappa shape index (κ2) is 6.07. The van der Waals surface area contributed by atoms with Gasteiger partial charge >= 0.3 is 11.7 Å². The Morgan fingerprint density at radius 2 is 1.91 bits per heavy atom. The van der Waals surface area contributed by atoms with Crippen molar-refractivity contribution >= 4 is 23.1 Å². The maximum absolute atomic E-state index is 12.3. The number of nitrogens with zero attached hydrogens (tertiary/aromatic N) is 4. The number of aromatic nitrogens is 4. The van der Waals surface area contributed by atoms with Gasteiger partial charge in [0, 0.05) is 20.6 Å². The molecule has 2 rings (SSSR count). The smallest absolute Gasteiger partial charge is 0.332 e. The maximum atomic E-state index is 12.3. The molecule has 0 aromatic carbocycles. The molecule has 10 nitrogen and oxygen atoms in total. The molecule has 0 saturated carbocycles. The van der Waals surface area contributed by atoms with E-state index in [-0.39, 0.29) is 11.2 Å². The second-order valence-electron chi connectivity index (χ2n) is 5.05. The summed E-state index contributed by atoms with van der Waals surface area (Å²) in [4.78, 5) is 51.8. The molecule has 0 radical (unpaired) electrons. The van der Waals surface area contributed by atoms with Gasteiger partial charge in [-0.1, -0.05) is 0 Å². The minimum absolute atomic E-state index is 0.119. The summed E-state index contributed by atoms with van der Waals surface area (Å²) in [6.45, 7) is 3.63. The molecule has 3 amide bonds. The first-order chi connectivity index (χ1) is 10.8. The zero-order valence-electron chi connectivity index (χ0n) is 13.3. The summed E-state index contributed by atoms with van der Waals surface area (Å²) < 4.78 is 3.50. The Morgan fingerprint density at radius 3 is 2.52 bits per heavy atom. The summed E-state index contributed by atoms with van der Waals surface area (Å²) in [5.74, 6) is -0.592. The van der Waals surface area contributed by atoms with Crippen molar-refractivity contribution in [3.63, 3.8) is 0 Å². The van der Waals surface area contributed by atoms with Crippen molar-refractivity contribution in [3.05, 3.63) is 27.2 Å². The number of urea groups is 1. The maximum Gasteiger partial charge on any atom is 0.332 e. The number of hydrogen-bond donors (Lipinski definition) is 2. The Bertz CT molecular complexity index is 890. The zero-order valence-corrected chi connectivity index (χ0v) is 13.3. The van der Waals surface area contributed by atoms with Gasteiger partial charge < -0.3 is 9.88 Å². The Morgan fingerprint density at radius 1 is 1.26 bits per heavy atom. The number of carbonyl (C=O) groups is 2. The van der Waals surface area contributed by atoms with E-state index >= 15 is 0 Å². The van der Waals surface area contributed by atoms with E-state index in [0.717, 1.165) is 4.57 Å². The third-order valence-corrected chi connectivity index (χ3v) is 3.54. The van der Waals surface area contributed by atoms with E-state index in [4.69, 9.17) is 0 Å². The molecule has 2 heterocycles. The molecule has 0 spiro atoms. The van der Waals surface area contributed by atoms with E-state index in [1.807, 2.05) is 0 Å². The van der Waals surface area contributed by atoms with Crippen LogP contribution in [0.15, 0.2) is 15.9 Å². The van der Waals surface area contributed by atoms with Crippen LogP contribution in [0.3, 0.4) is 0 Å². The third kappa shape index (κ3) is 2.74. The first-order valence-corrected chi connectivity index (χ1v) is 7.00. The number of hydrogen-bond acceptors (Lipinski definition) is 5. The van der Waals surface area contributed by atoms with E-state index < -0.39 is 29.2 Å². The van der Waals surface area contributed by atoms with Gasteiger partial charge in [0.05, 0.1) is 6.33 Å². The van der Waals surface area contributed by atoms with Crippen molar-refractivity contribution in [2.45, 2.75) is 19.9 Å². The first-order valence-electron chi connectivity index (χ1n) is 7.00. The SMILES string of the molecule is CCNC(=O)NC(=O)C(C)n1cnc2c1c(=O)n(C)c(=O)n2C. The molecule has 0 saturated heterocycles. The van der Waals surface area contributed by atoms with E-state index in [1.165, 1.54) is 36.5 Å². The third-order valence-electron chi connectivity index (χ3n) is 3.54. The molecule has 0 aliphatic heterocycles. The van der Waals surface area contributed by atoms with Crippen LogP contribution in [0, 0.1) is 0 Å². The number of fused-ring (bicyclic) bond motifs is 1. The predicted octanol–water partition coefficient (Wildman–Crippen LogP) is -1.16. The van der Waals surface area contributed by atoms with Gasteiger partial charge in [-0.15, -0.1) is 0 Å². The summed E-state index contributed by atoms with van der Waals surface area (Å²) in [5, 5.41) is 4.62. The van der Waals surface area contributed by atoms with Gasteiger partial charge in [-0.3, -0.25) is 24.0 Å². The molecule has 2 N–H and O–H groups in total. The van der Waals surface area contributed by atoms with Crippen molar-refractivity contribution in [2.24, 2.45) is 14.1 Å². The minimum Gasteiger partial charge on any atom is -0.338 e. The van der Waals surface area contributed by atoms with E-state index in [2.05, 4.69) is 15.6 Å². The Balaban J connectivity index is 2.49. The molecule has 2 aromatic heterocycles. The lowest BCUT2D eigenvalue weighted by Crippen LogP contribution is -2.43. The van der Waals surface area contributed by atoms with Gasteiger partial charge in [-0.2, -0.15) is 0 Å². The Kier molecular flexibility index (Phi) is 4.34. The summed E-state index contributed by atoms with van der Waals surface area (Å²) >= 11 is 0. The second-order valence-corrected chi connectivity index (χ2v) is 5.05. The highest BCUT2D eigenvalue weighted by Gasteiger charge is 2.22. The molecule has 1 atom stereocenters. The number of imidazole rings is 1. The fourth-order valence-electron chi connectivity index (χ4n) is 2.21. The Labute approximate surface area is 130 Å². The van der Waals surface area contributed by atoms with Gasteiger partial charge in [0.15, 0.2) is 11.2 Å². The molecule has 23 heavy (non-hydrogen) atoms. The van der Waals surface area contributed by atoms with Crippen LogP contribution in [-0.2, 0) is 18.9 Å². The normalized spacial score (nSPS) is 12.2. The molecule has 0 aliphatic rings. The van der Waals surface area contributed by atoms with Crippen LogP contribution in [0.25, 0.3) is 11.2 Å². The summed E-state index contributed by atoms with van der Waals surface area (Å²) in [7, 11) is 2.84. The average Bonchev–Trinajstić information content (AvgIpc) is 2.95. The summed E-state index contributed by atoms with van der Waals surface area (Å²) in [6.07, 6.45) is 1.30. The molecule has 124 valence electrons. The minimum atomic E-state index is -0.854. The van der Waals surface area contributed by atoms with Crippen molar-refractivity contribution in [1.82, 2.24) is 29.3 Å². The van der Waals surface area contributed by atoms with Crippen molar-refractivity contribution < 1.29 is 9.59 Å². The van der Waals surface area contributed by atoms with E-state index in [1.54, 1.807) is 6.92 Å². The highest BCUT2D eigenvalue weighted by atomic mass is 16.2. The van der Waals surface area contributed by atoms with Crippen molar-refractivity contribution in [3.8, 4) is 0 Å². The number of nitrogens with one attached hydrogen (secondary N) is 2. The molecule has 0 fully saturated rings. The predicted molar refractivity (Wildman–Crippen MR) is 82.1 cm³/mol. The number of carbonyl (C=O) groups excluding carboxylic acids is 2. The number of amides is 3. The van der Waals surface area contributed by atoms with Gasteiger partial charge in [-0.05, 0) is 13.8 Å². The molecule has 0 bridgehead atoms. The monoisotopic (exact) mass is 322 g/mol. The molecule has 1 unspecified atom stereocenters. The number of aryl methyl sites for hydroxylation is 1. The molecular formula is C13H18N6O4. The fraction of sp³-hybridized carbons (Fsp3) is 0.462. The standard InChI is InChI=1S/C13H18N6O4/c1-5-14-12(22)16-10(20)7(2)19-6-15-9-8(19)11(21)18(4)13(23)17(9)3/h6-7H,5H2,1-4H3,(H2,14,16,20,22). The fourth-order valence-corrected chi connectivity index (χ4v) is 2.21. The molecular weight excluding hydrogens is 304 g/mol. The lowest BCUT2D eigenvalue weighted by atomic mass is 10.3. The average molecular weight is 322 g/mol. The van der Waals surface area contributed by atoms with Gasteiger partial charge in [0.1, 0.15) is 6.04 Å². The first kappa shape index (κ1) is 16.5. The van der Waals surface area contributed by atoms with Crippen LogP contribution >= 0.6 is 0 Å². The number of imide groups is 1. The van der Waals surface area contributed by atoms with E-state index in [0.29, 0.717) is 6.54 Å². The van der Waals surface area contributed by atoms with Gasteiger partial charge in [0.2, 0.25) is 0 Å². The lowest BCUT2D eigenvalue weighted by Gasteiger charge is -2.14. The largest absolute Gasteiger partial charge is 0.338 e. The van der Waals surface area contributed by atoms with Gasteiger partial charge in [0.25, 0.3) is 11.5 Å². The van der Waals surface area contributed by atoms with Crippen LogP contribution in [0.5, 0.6) is 0 Å². The highest BCUT2D eigenvalue weighted by Crippen LogP contribution is 2.13. The van der Waals surface area contributed by atoms with E-state index in [9.17, 15) is 19.2 Å². The van der Waals surface area contributed by atoms with Crippen LogP contribution < -0.4 is 21.9 Å². The topological polar surface area (TPSA) is 120 Å². The number of rotatable bonds is 3. The van der Waals surface area contributed by atoms with Crippen LogP contribution in [0.2, 0.25) is 0 Å². The molecule has 2 aromatic rings. The highest BCUT2D eigenvalue weighted by molar-refractivity contribution is 5.96. The van der Waals surface area contributed by atoms with Gasteiger partial charge in [-0.25, -0.2) is 14.6 Å². The molecule has 0 aliphatic carbocycles. The van der Waals surface area contributed by atoms with Crippen LogP contribution in [0.1, 0.15) is 19.9 Å². The van der Waals surface area contributed by atoms with Crippen molar-refractivity contribution in [1.29, 1.82) is 0 Å². The Hall–Kier alpha value is -2.91. The van der Waals surface area contributed by atoms with Crippen molar-refractivity contribution in [2.75, 3.05) is 6.54 Å². The molecule has 10 heteroatoms. The lowest BCUT2D eigenvalue weighted by molar-refractivity contribution is -0.122. The van der Waals surface area contributed by atoms with Crippen LogP contribution in [-0.4, -0.2) is 37.2 Å². The quantitative estimate of drug-likeness (QED) is 0.738.